The molecule has 0 unspecified atom stereocenters. The molecule has 2 saturated heterocycles. The molecule has 13 nitrogen and oxygen atoms in total. The number of benzene rings is 4. The van der Waals surface area contributed by atoms with Gasteiger partial charge in [0.15, 0.2) is 0 Å². The summed E-state index contributed by atoms with van der Waals surface area (Å²) in [6.07, 6.45) is 8.53. The summed E-state index contributed by atoms with van der Waals surface area (Å²) in [6, 6.07) is 26.6. The summed E-state index contributed by atoms with van der Waals surface area (Å²) in [7, 11) is 0. The Morgan fingerprint density at radius 2 is 1.47 bits per heavy atom. The topological polar surface area (TPSA) is 165 Å². The van der Waals surface area contributed by atoms with Crippen molar-refractivity contribution in [3.8, 4) is 22.4 Å². The van der Waals surface area contributed by atoms with Crippen LogP contribution in [0.15, 0.2) is 91.1 Å². The van der Waals surface area contributed by atoms with Gasteiger partial charge in [-0.3, -0.25) is 19.2 Å². The maximum Gasteiger partial charge on any atom is 0.250 e. The zero-order chi connectivity index (χ0) is 45.9. The Bertz CT molecular complexity index is 2690. The average Bonchev–Trinajstić information content (AvgIpc) is 4.17. The third kappa shape index (κ3) is 9.36. The molecule has 5 atom stereocenters. The number of imidazole rings is 2. The van der Waals surface area contributed by atoms with E-state index in [4.69, 9.17) is 14.7 Å². The minimum absolute atomic E-state index is 0.0696. The first-order valence-corrected chi connectivity index (χ1v) is 24.0. The Balaban J connectivity index is 0.918. The van der Waals surface area contributed by atoms with Gasteiger partial charge in [-0.15, -0.1) is 0 Å². The molecule has 2 aliphatic heterocycles. The van der Waals surface area contributed by atoms with Crippen LogP contribution in [0.2, 0.25) is 0 Å². The van der Waals surface area contributed by atoms with Crippen LogP contribution in [0.5, 0.6) is 0 Å². The molecule has 4 aromatic carbocycles. The molecule has 4 N–H and O–H groups in total. The van der Waals surface area contributed by atoms with Crippen molar-refractivity contribution in [2.24, 2.45) is 17.8 Å². The lowest BCUT2D eigenvalue weighted by atomic mass is 9.86. The lowest BCUT2D eigenvalue weighted by Gasteiger charge is -2.30. The van der Waals surface area contributed by atoms with E-state index in [2.05, 4.69) is 75.2 Å². The lowest BCUT2D eigenvalue weighted by molar-refractivity contribution is -0.138. The number of hydrogen-bond donors (Lipinski definition) is 4. The third-order valence-corrected chi connectivity index (χ3v) is 14.0. The SMILES string of the molecule is CCC(=O)N[C@H](C(=O)N1C[C@@H](COCC2CCC2)C[C@H]1c1nc2c(ccc3cc(-c4ccc(-c5cnc([C@@H]6CCCN6C(=O)[C@H](NC(=O)CC)c6ccccc6)[nH]5)cc4)ccc32)[nH]1)C(C)C. The second kappa shape index (κ2) is 19.6. The van der Waals surface area contributed by atoms with Gasteiger partial charge in [-0.25, -0.2) is 9.97 Å². The Labute approximate surface area is 386 Å². The number of nitrogens with one attached hydrogen (secondary N) is 4. The number of aromatic nitrogens is 4. The molecule has 3 fully saturated rings. The molecule has 6 aromatic rings. The fourth-order valence-electron chi connectivity index (χ4n) is 9.91. The minimum atomic E-state index is -0.760. The summed E-state index contributed by atoms with van der Waals surface area (Å²) in [5.41, 5.74) is 6.52. The van der Waals surface area contributed by atoms with Crippen molar-refractivity contribution >= 4 is 45.4 Å². The number of rotatable bonds is 16. The molecule has 0 spiro atoms. The van der Waals surface area contributed by atoms with E-state index < -0.39 is 12.1 Å². The van der Waals surface area contributed by atoms with E-state index in [0.717, 1.165) is 87.3 Å². The van der Waals surface area contributed by atoms with Gasteiger partial charge >= 0.3 is 0 Å². The van der Waals surface area contributed by atoms with Crippen LogP contribution >= 0.6 is 0 Å². The van der Waals surface area contributed by atoms with Gasteiger partial charge in [0.25, 0.3) is 0 Å². The number of fused-ring (bicyclic) bond motifs is 3. The molecule has 4 heterocycles. The van der Waals surface area contributed by atoms with Gasteiger partial charge in [-0.05, 0) is 83.7 Å². The van der Waals surface area contributed by atoms with Crippen LogP contribution in [0.1, 0.15) is 114 Å². The van der Waals surface area contributed by atoms with Crippen LogP contribution in [-0.2, 0) is 23.9 Å². The highest BCUT2D eigenvalue weighted by molar-refractivity contribution is 6.05. The molecule has 1 saturated carbocycles. The molecule has 66 heavy (non-hydrogen) atoms. The maximum atomic E-state index is 14.3. The highest BCUT2D eigenvalue weighted by atomic mass is 16.5. The largest absolute Gasteiger partial charge is 0.381 e. The molecule has 0 radical (unpaired) electrons. The van der Waals surface area contributed by atoms with Crippen molar-refractivity contribution in [1.29, 1.82) is 0 Å². The van der Waals surface area contributed by atoms with Crippen LogP contribution in [0.3, 0.4) is 0 Å². The normalized spacial score (nSPS) is 19.6. The van der Waals surface area contributed by atoms with Crippen LogP contribution in [0, 0.1) is 17.8 Å². The lowest BCUT2D eigenvalue weighted by Crippen LogP contribution is -2.51. The second-order valence-electron chi connectivity index (χ2n) is 18.8. The van der Waals surface area contributed by atoms with Crippen LogP contribution in [-0.4, -0.2) is 85.7 Å². The Hall–Kier alpha value is -6.34. The predicted molar refractivity (Wildman–Crippen MR) is 256 cm³/mol. The summed E-state index contributed by atoms with van der Waals surface area (Å²) >= 11 is 0. The van der Waals surface area contributed by atoms with Crippen LogP contribution in [0.25, 0.3) is 44.2 Å². The molecule has 344 valence electrons. The molecule has 3 aliphatic rings. The van der Waals surface area contributed by atoms with Gasteiger partial charge in [0.1, 0.15) is 23.7 Å². The smallest absolute Gasteiger partial charge is 0.250 e. The summed E-state index contributed by atoms with van der Waals surface area (Å²) in [6.45, 7) is 10.1. The number of nitrogens with zero attached hydrogens (tertiary/aromatic N) is 4. The van der Waals surface area contributed by atoms with Crippen molar-refractivity contribution in [3.63, 3.8) is 0 Å². The third-order valence-electron chi connectivity index (χ3n) is 14.0. The summed E-state index contributed by atoms with van der Waals surface area (Å²) in [4.78, 5) is 74.2. The Morgan fingerprint density at radius 1 is 0.742 bits per heavy atom. The van der Waals surface area contributed by atoms with Crippen molar-refractivity contribution in [1.82, 2.24) is 40.4 Å². The molecule has 9 rings (SSSR count). The van der Waals surface area contributed by atoms with Crippen LogP contribution in [0.4, 0.5) is 0 Å². The van der Waals surface area contributed by atoms with Gasteiger partial charge in [-0.1, -0.05) is 107 Å². The van der Waals surface area contributed by atoms with Gasteiger partial charge < -0.3 is 35.1 Å². The molecular weight excluding hydrogens is 829 g/mol. The fraction of sp³-hybridized carbons (Fsp3) is 0.434. The highest BCUT2D eigenvalue weighted by Gasteiger charge is 2.42. The number of H-pyrrole nitrogens is 2. The molecule has 2 aromatic heterocycles. The number of likely N-dealkylation sites (tertiary alicyclic amines) is 2. The molecule has 0 bridgehead atoms. The predicted octanol–water partition coefficient (Wildman–Crippen LogP) is 8.96. The van der Waals surface area contributed by atoms with E-state index in [1.54, 1.807) is 13.8 Å². The van der Waals surface area contributed by atoms with Crippen molar-refractivity contribution in [3.05, 3.63) is 108 Å². The number of carbonyl (C=O) groups is 4. The van der Waals surface area contributed by atoms with Gasteiger partial charge in [0, 0.05) is 43.8 Å². The van der Waals surface area contributed by atoms with E-state index in [-0.39, 0.29) is 47.5 Å². The van der Waals surface area contributed by atoms with Crippen molar-refractivity contribution in [2.75, 3.05) is 26.3 Å². The zero-order valence-corrected chi connectivity index (χ0v) is 38.5. The first-order chi connectivity index (χ1) is 32.1. The quantitative estimate of drug-likeness (QED) is 0.0753. The molecule has 13 heteroatoms. The number of carbonyl (C=O) groups excluding carboxylic acids is 4. The monoisotopic (exact) mass is 890 g/mol. The van der Waals surface area contributed by atoms with Gasteiger partial charge in [0.2, 0.25) is 23.6 Å². The summed E-state index contributed by atoms with van der Waals surface area (Å²) in [5, 5.41) is 8.02. The minimum Gasteiger partial charge on any atom is -0.381 e. The number of amides is 4. The standard InChI is InChI=1S/C53H62N8O5/c1-5-45(62)57-47(32(3)4)52(64)61-29-34(31-66-30-33-12-10-13-33)26-44(61)51-55-41-24-22-39-27-38(21-23-40(39)49(41)59-51)35-17-19-36(20-18-35)42-28-54-50(56-42)43-16-11-25-60(43)53(65)48(58-46(63)6-2)37-14-8-7-9-15-37/h7-9,14-15,17-24,27-28,32-34,43-44,47-48H,5-6,10-13,16,25-26,29-31H2,1-4H3,(H,54,56)(H,55,59)(H,57,62)(H,58,63)/t34-,43-,44-,47-,48+/m0/s1. The first-order valence-electron chi connectivity index (χ1n) is 24.0. The van der Waals surface area contributed by atoms with E-state index in [0.29, 0.717) is 38.5 Å². The van der Waals surface area contributed by atoms with Gasteiger partial charge in [0.05, 0.1) is 41.6 Å². The summed E-state index contributed by atoms with van der Waals surface area (Å²) < 4.78 is 6.21. The van der Waals surface area contributed by atoms with Crippen molar-refractivity contribution < 1.29 is 23.9 Å². The molecule has 4 amide bonds. The Morgan fingerprint density at radius 3 is 2.20 bits per heavy atom. The second-order valence-corrected chi connectivity index (χ2v) is 18.8. The fourth-order valence-corrected chi connectivity index (χ4v) is 9.91. The Kier molecular flexibility index (Phi) is 13.3. The van der Waals surface area contributed by atoms with E-state index in [1.807, 2.05) is 60.2 Å². The van der Waals surface area contributed by atoms with Crippen LogP contribution < -0.4 is 10.6 Å². The molecule has 1 aliphatic carbocycles. The average molecular weight is 891 g/mol. The van der Waals surface area contributed by atoms with Crippen molar-refractivity contribution in [2.45, 2.75) is 103 Å². The highest BCUT2D eigenvalue weighted by Crippen LogP contribution is 2.39. The first kappa shape index (κ1) is 44.8. The van der Waals surface area contributed by atoms with E-state index >= 15 is 0 Å². The number of ether oxygens (including phenoxy) is 1. The number of aromatic amines is 2. The van der Waals surface area contributed by atoms with Gasteiger partial charge in [-0.2, -0.15) is 0 Å². The zero-order valence-electron chi connectivity index (χ0n) is 38.5. The van der Waals surface area contributed by atoms with E-state index in [1.165, 1.54) is 19.3 Å². The maximum absolute atomic E-state index is 14.3. The summed E-state index contributed by atoms with van der Waals surface area (Å²) in [5.74, 6) is 1.71. The number of hydrogen-bond acceptors (Lipinski definition) is 7. The molecular formula is C53H62N8O5. The van der Waals surface area contributed by atoms with E-state index in [9.17, 15) is 19.2 Å².